The van der Waals surface area contributed by atoms with Crippen molar-refractivity contribution in [1.29, 1.82) is 0 Å². The minimum atomic E-state index is -0.0323. The van der Waals surface area contributed by atoms with Gasteiger partial charge < -0.3 is 10.0 Å². The molecule has 2 aliphatic rings. The number of rotatable bonds is 4. The van der Waals surface area contributed by atoms with Crippen LogP contribution in [0.15, 0.2) is 18.2 Å². The molecule has 1 aromatic carbocycles. The lowest BCUT2D eigenvalue weighted by atomic mass is 10.0. The van der Waals surface area contributed by atoms with Crippen LogP contribution >= 0.6 is 0 Å². The third-order valence-electron chi connectivity index (χ3n) is 5.38. The van der Waals surface area contributed by atoms with Crippen LogP contribution in [0, 0.1) is 18.8 Å². The van der Waals surface area contributed by atoms with Crippen molar-refractivity contribution >= 4 is 5.91 Å². The summed E-state index contributed by atoms with van der Waals surface area (Å²) in [6.07, 6.45) is 3.73. The van der Waals surface area contributed by atoms with Crippen molar-refractivity contribution in [1.82, 2.24) is 9.80 Å². The van der Waals surface area contributed by atoms with E-state index in [9.17, 15) is 9.90 Å². The molecule has 4 heteroatoms. The van der Waals surface area contributed by atoms with E-state index in [1.54, 1.807) is 12.1 Å². The Morgan fingerprint density at radius 3 is 2.71 bits per heavy atom. The van der Waals surface area contributed by atoms with Crippen molar-refractivity contribution < 1.29 is 9.90 Å². The summed E-state index contributed by atoms with van der Waals surface area (Å²) >= 11 is 0. The van der Waals surface area contributed by atoms with Gasteiger partial charge in [-0.2, -0.15) is 0 Å². The first-order chi connectivity index (χ1) is 11.5. The van der Waals surface area contributed by atoms with E-state index in [2.05, 4.69) is 18.7 Å². The maximum Gasteiger partial charge on any atom is 0.257 e. The van der Waals surface area contributed by atoms with Crippen molar-refractivity contribution in [2.45, 2.75) is 46.1 Å². The topological polar surface area (TPSA) is 43.8 Å². The molecule has 132 valence electrons. The molecular weight excluding hydrogens is 300 g/mol. The summed E-state index contributed by atoms with van der Waals surface area (Å²) in [5.74, 6) is 1.44. The summed E-state index contributed by atoms with van der Waals surface area (Å²) < 4.78 is 0. The van der Waals surface area contributed by atoms with Gasteiger partial charge in [0.05, 0.1) is 5.56 Å². The van der Waals surface area contributed by atoms with Gasteiger partial charge in [0.2, 0.25) is 0 Å². The quantitative estimate of drug-likeness (QED) is 0.921. The number of amides is 1. The maximum absolute atomic E-state index is 13.0. The van der Waals surface area contributed by atoms with Gasteiger partial charge in [-0.25, -0.2) is 0 Å². The van der Waals surface area contributed by atoms with Crippen molar-refractivity contribution in [2.24, 2.45) is 11.8 Å². The van der Waals surface area contributed by atoms with Gasteiger partial charge >= 0.3 is 0 Å². The molecule has 0 bridgehead atoms. The average Bonchev–Trinajstić information content (AvgIpc) is 3.36. The van der Waals surface area contributed by atoms with Crippen LogP contribution in [-0.2, 0) is 0 Å². The van der Waals surface area contributed by atoms with Gasteiger partial charge in [-0.1, -0.05) is 25.5 Å². The summed E-state index contributed by atoms with van der Waals surface area (Å²) in [6.45, 7) is 10.2. The van der Waals surface area contributed by atoms with E-state index in [1.165, 1.54) is 19.4 Å². The van der Waals surface area contributed by atoms with E-state index < -0.39 is 0 Å². The molecule has 2 fully saturated rings. The van der Waals surface area contributed by atoms with Crippen LogP contribution in [0.1, 0.15) is 49.0 Å². The lowest BCUT2D eigenvalue weighted by Crippen LogP contribution is -2.46. The number of aryl methyl sites for hydroxylation is 1. The summed E-state index contributed by atoms with van der Waals surface area (Å²) in [5.41, 5.74) is 1.44. The fraction of sp³-hybridized carbons (Fsp3) is 0.650. The molecule has 1 saturated heterocycles. The van der Waals surface area contributed by atoms with E-state index in [4.69, 9.17) is 0 Å². The Hall–Kier alpha value is -1.55. The van der Waals surface area contributed by atoms with Gasteiger partial charge in [-0.05, 0) is 50.2 Å². The van der Waals surface area contributed by atoms with Crippen LogP contribution in [0.5, 0.6) is 5.75 Å². The molecular formula is C20H30N2O2. The molecule has 4 nitrogen and oxygen atoms in total. The molecule has 1 atom stereocenters. The number of phenolic OH excluding ortho intramolecular Hbond substituents is 1. The van der Waals surface area contributed by atoms with E-state index in [-0.39, 0.29) is 11.7 Å². The summed E-state index contributed by atoms with van der Waals surface area (Å²) in [5, 5.41) is 10.1. The lowest BCUT2D eigenvalue weighted by molar-refractivity contribution is 0.0701. The number of benzene rings is 1. The molecule has 3 rings (SSSR count). The number of carbonyl (C=O) groups is 1. The van der Waals surface area contributed by atoms with E-state index in [0.717, 1.165) is 37.5 Å². The maximum atomic E-state index is 13.0. The summed E-state index contributed by atoms with van der Waals surface area (Å²) in [4.78, 5) is 17.5. The standard InChI is InChI=1S/C20H30N2O2/c1-14(2)18-13-22(10-4-9-21(18)12-16-6-7-16)20(24)17-11-15(3)5-8-19(17)23/h5,8,11,14,16,18,23H,4,6-7,9-10,12-13H2,1-3H3/t18-/m1/s1. The molecule has 24 heavy (non-hydrogen) atoms. The van der Waals surface area contributed by atoms with Gasteiger partial charge in [-0.15, -0.1) is 0 Å². The SMILES string of the molecule is Cc1ccc(O)c(C(=O)N2CCCN(CC3CC3)[C@@H](C(C)C)C2)c1. The molecule has 0 radical (unpaired) electrons. The minimum absolute atomic E-state index is 0.0323. The fourth-order valence-electron chi connectivity index (χ4n) is 3.73. The van der Waals surface area contributed by atoms with Gasteiger partial charge in [0.25, 0.3) is 5.91 Å². The highest BCUT2D eigenvalue weighted by Gasteiger charge is 2.33. The minimum Gasteiger partial charge on any atom is -0.507 e. The smallest absolute Gasteiger partial charge is 0.257 e. The number of carbonyl (C=O) groups excluding carboxylic acids is 1. The van der Waals surface area contributed by atoms with E-state index in [1.807, 2.05) is 17.9 Å². The van der Waals surface area contributed by atoms with Gasteiger partial charge in [0, 0.05) is 32.2 Å². The zero-order valence-corrected chi connectivity index (χ0v) is 15.2. The number of hydrogen-bond acceptors (Lipinski definition) is 3. The number of hydrogen-bond donors (Lipinski definition) is 1. The van der Waals surface area contributed by atoms with Gasteiger partial charge in [0.15, 0.2) is 0 Å². The van der Waals surface area contributed by atoms with Crippen LogP contribution in [0.2, 0.25) is 0 Å². The Labute approximate surface area is 145 Å². The molecule has 0 aromatic heterocycles. The molecule has 0 unspecified atom stereocenters. The first kappa shape index (κ1) is 17.3. The second kappa shape index (κ2) is 7.14. The molecule has 1 aromatic rings. The Morgan fingerprint density at radius 1 is 1.29 bits per heavy atom. The number of nitrogens with zero attached hydrogens (tertiary/aromatic N) is 2. The molecule has 1 amide bonds. The third kappa shape index (κ3) is 3.92. The Bertz CT molecular complexity index is 595. The van der Waals surface area contributed by atoms with Gasteiger partial charge in [0.1, 0.15) is 5.75 Å². The van der Waals surface area contributed by atoms with Crippen LogP contribution in [0.25, 0.3) is 0 Å². The zero-order valence-electron chi connectivity index (χ0n) is 15.2. The average molecular weight is 330 g/mol. The van der Waals surface area contributed by atoms with Crippen molar-refractivity contribution in [3.05, 3.63) is 29.3 Å². The second-order valence-electron chi connectivity index (χ2n) is 7.88. The van der Waals surface area contributed by atoms with E-state index in [0.29, 0.717) is 17.5 Å². The normalized spacial score (nSPS) is 22.7. The van der Waals surface area contributed by atoms with Crippen LogP contribution < -0.4 is 0 Å². The van der Waals surface area contributed by atoms with E-state index >= 15 is 0 Å². The second-order valence-corrected chi connectivity index (χ2v) is 7.88. The zero-order chi connectivity index (χ0) is 17.3. The van der Waals surface area contributed by atoms with Crippen molar-refractivity contribution in [3.8, 4) is 5.75 Å². The van der Waals surface area contributed by atoms with Crippen LogP contribution in [0.3, 0.4) is 0 Å². The Kier molecular flexibility index (Phi) is 5.14. The molecule has 1 N–H and O–H groups in total. The first-order valence-corrected chi connectivity index (χ1v) is 9.28. The third-order valence-corrected chi connectivity index (χ3v) is 5.38. The highest BCUT2D eigenvalue weighted by molar-refractivity contribution is 5.97. The van der Waals surface area contributed by atoms with Crippen molar-refractivity contribution in [2.75, 3.05) is 26.2 Å². The number of phenols is 1. The summed E-state index contributed by atoms with van der Waals surface area (Å²) in [7, 11) is 0. The Balaban J connectivity index is 1.77. The molecule has 1 heterocycles. The molecule has 1 aliphatic heterocycles. The van der Waals surface area contributed by atoms with Crippen molar-refractivity contribution in [3.63, 3.8) is 0 Å². The largest absolute Gasteiger partial charge is 0.507 e. The van der Waals surface area contributed by atoms with Crippen LogP contribution in [-0.4, -0.2) is 53.0 Å². The molecule has 1 saturated carbocycles. The summed E-state index contributed by atoms with van der Waals surface area (Å²) in [6, 6.07) is 5.67. The predicted octanol–water partition coefficient (Wildman–Crippen LogP) is 3.28. The molecule has 0 spiro atoms. The lowest BCUT2D eigenvalue weighted by Gasteiger charge is -2.34. The predicted molar refractivity (Wildman–Crippen MR) is 96.3 cm³/mol. The van der Waals surface area contributed by atoms with Crippen LogP contribution in [0.4, 0.5) is 0 Å². The number of aromatic hydroxyl groups is 1. The Morgan fingerprint density at radius 2 is 2.04 bits per heavy atom. The fourth-order valence-corrected chi connectivity index (χ4v) is 3.73. The highest BCUT2D eigenvalue weighted by Crippen LogP contribution is 2.32. The molecule has 1 aliphatic carbocycles. The van der Waals surface area contributed by atoms with Gasteiger partial charge in [-0.3, -0.25) is 9.69 Å². The highest BCUT2D eigenvalue weighted by atomic mass is 16.3. The first-order valence-electron chi connectivity index (χ1n) is 9.28. The monoisotopic (exact) mass is 330 g/mol.